The summed E-state index contributed by atoms with van der Waals surface area (Å²) in [5.74, 6) is -3.84. The summed E-state index contributed by atoms with van der Waals surface area (Å²) in [5.41, 5.74) is -1.69. The van der Waals surface area contributed by atoms with Crippen LogP contribution < -0.4 is 10.1 Å². The molecule has 16 heteroatoms. The van der Waals surface area contributed by atoms with E-state index in [1.54, 1.807) is 6.07 Å². The number of imide groups is 1. The fraction of sp³-hybridized carbons (Fsp3) is 0.400. The molecule has 1 N–H and O–H groups in total. The van der Waals surface area contributed by atoms with Crippen LogP contribution in [-0.2, 0) is 32.8 Å². The van der Waals surface area contributed by atoms with Crippen molar-refractivity contribution in [2.24, 2.45) is 0 Å². The van der Waals surface area contributed by atoms with Gasteiger partial charge in [-0.1, -0.05) is 17.3 Å². The second-order valence-electron chi connectivity index (χ2n) is 10.6. The van der Waals surface area contributed by atoms with E-state index >= 15 is 0 Å². The molecule has 3 aliphatic rings. The number of nitrogens with zero attached hydrogens (tertiary/aromatic N) is 2. The van der Waals surface area contributed by atoms with Gasteiger partial charge in [-0.15, -0.1) is 0 Å². The molecule has 0 aromatic heterocycles. The maximum absolute atomic E-state index is 15.0. The molecule has 1 unspecified atom stereocenters. The SMILES string of the molecule is [B]C([B])(Oc1cccc2c1CN(C1([B])C(=O)NC(=O)C([B])([B])C1([B])[B])C2=O)c1cc(CN2CCOCC2)ccc1F. The average molecular weight is 536 g/mol. The summed E-state index contributed by atoms with van der Waals surface area (Å²) >= 11 is 0. The number of ether oxygens (including phenoxy) is 2. The van der Waals surface area contributed by atoms with Gasteiger partial charge in [0.15, 0.2) is 0 Å². The van der Waals surface area contributed by atoms with Crippen molar-refractivity contribution in [2.45, 2.75) is 34.4 Å². The molecule has 3 heterocycles. The number of hydrogen-bond donors (Lipinski definition) is 1. The van der Waals surface area contributed by atoms with Gasteiger partial charge in [0.05, 0.1) is 62.0 Å². The van der Waals surface area contributed by atoms with Crippen LogP contribution in [0.4, 0.5) is 4.39 Å². The van der Waals surface area contributed by atoms with Crippen LogP contribution in [0.5, 0.6) is 5.75 Å². The van der Waals surface area contributed by atoms with Crippen molar-refractivity contribution in [3.63, 3.8) is 0 Å². The highest BCUT2D eigenvalue weighted by Crippen LogP contribution is 2.55. The summed E-state index contributed by atoms with van der Waals surface area (Å²) in [4.78, 5) is 41.7. The molecule has 14 radical (unpaired) electrons. The van der Waals surface area contributed by atoms with Crippen LogP contribution in [0.25, 0.3) is 0 Å². The van der Waals surface area contributed by atoms with Crippen LogP contribution in [0.1, 0.15) is 27.0 Å². The van der Waals surface area contributed by atoms with Gasteiger partial charge < -0.3 is 14.4 Å². The largest absolute Gasteiger partial charge is 0.502 e. The molecule has 41 heavy (non-hydrogen) atoms. The number of nitrogens with one attached hydrogen (secondary N) is 1. The molecule has 0 bridgehead atoms. The first kappa shape index (κ1) is 29.6. The molecule has 3 aliphatic heterocycles. The van der Waals surface area contributed by atoms with Gasteiger partial charge in [0.1, 0.15) is 35.1 Å². The Balaban J connectivity index is 1.45. The summed E-state index contributed by atoms with van der Waals surface area (Å²) in [5, 5.41) is -5.39. The quantitative estimate of drug-likeness (QED) is 0.360. The van der Waals surface area contributed by atoms with E-state index in [1.807, 2.05) is 5.32 Å². The summed E-state index contributed by atoms with van der Waals surface area (Å²) in [6.45, 7) is 2.76. The first-order chi connectivity index (χ1) is 19.1. The molecule has 3 amide bonds. The topological polar surface area (TPSA) is 88.2 Å². The highest BCUT2D eigenvalue weighted by Gasteiger charge is 2.63. The lowest BCUT2D eigenvalue weighted by Crippen LogP contribution is -2.75. The van der Waals surface area contributed by atoms with Crippen molar-refractivity contribution in [1.82, 2.24) is 15.1 Å². The molecule has 2 saturated heterocycles. The van der Waals surface area contributed by atoms with Crippen LogP contribution in [-0.4, -0.2) is 114 Å². The molecule has 0 saturated carbocycles. The third-order valence-electron chi connectivity index (χ3n) is 7.86. The Bertz CT molecular complexity index is 1440. The predicted molar refractivity (Wildman–Crippen MR) is 153 cm³/mol. The maximum atomic E-state index is 15.0. The second-order valence-corrected chi connectivity index (χ2v) is 10.6. The number of benzene rings is 2. The van der Waals surface area contributed by atoms with Crippen molar-refractivity contribution < 1.29 is 28.2 Å². The van der Waals surface area contributed by atoms with Crippen LogP contribution in [0.3, 0.4) is 0 Å². The van der Waals surface area contributed by atoms with Gasteiger partial charge in [-0.2, -0.15) is 0 Å². The third-order valence-corrected chi connectivity index (χ3v) is 7.86. The number of carbonyl (C=O) groups excluding carboxylic acids is 3. The Morgan fingerprint density at radius 2 is 1.68 bits per heavy atom. The highest BCUT2D eigenvalue weighted by atomic mass is 19.1. The minimum Gasteiger partial charge on any atom is -0.502 e. The first-order valence-electron chi connectivity index (χ1n) is 12.7. The molecule has 0 aliphatic carbocycles. The monoisotopic (exact) mass is 537 g/mol. The van der Waals surface area contributed by atoms with Crippen LogP contribution in [0.2, 0.25) is 10.4 Å². The number of morpholine rings is 1. The summed E-state index contributed by atoms with van der Waals surface area (Å²) in [6.07, 6.45) is 0. The van der Waals surface area contributed by atoms with E-state index in [1.165, 1.54) is 30.3 Å². The number of halogens is 1. The van der Waals surface area contributed by atoms with Gasteiger partial charge in [0.2, 0.25) is 11.8 Å². The lowest BCUT2D eigenvalue weighted by Gasteiger charge is -2.60. The molecular weight excluding hydrogens is 517 g/mol. The van der Waals surface area contributed by atoms with Crippen molar-refractivity contribution in [3.8, 4) is 5.75 Å². The third kappa shape index (κ3) is 4.67. The predicted octanol–water partition coefficient (Wildman–Crippen LogP) is -1.43. The van der Waals surface area contributed by atoms with Crippen molar-refractivity contribution in [2.75, 3.05) is 26.3 Å². The lowest BCUT2D eigenvalue weighted by molar-refractivity contribution is -0.140. The Morgan fingerprint density at radius 3 is 2.37 bits per heavy atom. The van der Waals surface area contributed by atoms with Crippen molar-refractivity contribution >= 4 is 72.6 Å². The van der Waals surface area contributed by atoms with E-state index < -0.39 is 44.8 Å². The molecule has 1 atom stereocenters. The maximum Gasteiger partial charge on any atom is 0.254 e. The van der Waals surface area contributed by atoms with Crippen LogP contribution >= 0.6 is 0 Å². The number of fused-ring (bicyclic) bond motifs is 1. The van der Waals surface area contributed by atoms with E-state index in [9.17, 15) is 18.8 Å². The Hall–Kier alpha value is -2.85. The average Bonchev–Trinajstić information content (AvgIpc) is 3.26. The Labute approximate surface area is 246 Å². The number of rotatable bonds is 6. The summed E-state index contributed by atoms with van der Waals surface area (Å²) in [6, 6.07) is 8.76. The zero-order chi connectivity index (χ0) is 30.0. The van der Waals surface area contributed by atoms with Gasteiger partial charge >= 0.3 is 0 Å². The number of piperidine rings is 1. The highest BCUT2D eigenvalue weighted by molar-refractivity contribution is 6.66. The Morgan fingerprint density at radius 1 is 1.00 bits per heavy atom. The normalized spacial score (nSPS) is 24.1. The Kier molecular flexibility index (Phi) is 7.34. The lowest BCUT2D eigenvalue weighted by atomic mass is 9.21. The number of hydrogen-bond acceptors (Lipinski definition) is 6. The fourth-order valence-electron chi connectivity index (χ4n) is 5.25. The zero-order valence-corrected chi connectivity index (χ0v) is 22.1. The minimum absolute atomic E-state index is 0.00336. The van der Waals surface area contributed by atoms with Crippen molar-refractivity contribution in [1.29, 1.82) is 0 Å². The molecule has 192 valence electrons. The minimum atomic E-state index is -2.60. The van der Waals surface area contributed by atoms with E-state index in [2.05, 4.69) is 4.90 Å². The second kappa shape index (κ2) is 10.2. The van der Waals surface area contributed by atoms with Crippen LogP contribution in [0, 0.1) is 5.82 Å². The molecular formula is C25H19B7FN3O5. The molecule has 2 fully saturated rings. The number of carbonyl (C=O) groups is 3. The summed E-state index contributed by atoms with van der Waals surface area (Å²) in [7, 11) is 42.9. The van der Waals surface area contributed by atoms with Gasteiger partial charge in [-0.25, -0.2) is 4.39 Å². The van der Waals surface area contributed by atoms with Gasteiger partial charge in [0.25, 0.3) is 5.91 Å². The molecule has 2 aromatic rings. The van der Waals surface area contributed by atoms with Crippen LogP contribution in [0.15, 0.2) is 36.4 Å². The smallest absolute Gasteiger partial charge is 0.254 e. The van der Waals surface area contributed by atoms with E-state index in [0.717, 1.165) is 23.6 Å². The number of amides is 3. The fourth-order valence-corrected chi connectivity index (χ4v) is 5.25. The molecule has 0 spiro atoms. The van der Waals surface area contributed by atoms with Gasteiger partial charge in [-0.05, 0) is 35.0 Å². The summed E-state index contributed by atoms with van der Waals surface area (Å²) < 4.78 is 26.3. The van der Waals surface area contributed by atoms with E-state index in [4.69, 9.17) is 64.4 Å². The molecule has 5 rings (SSSR count). The standard InChI is InChI=1S/C25H19B7FN3O5/c26-22(27)20(38)34-21(39)23(28,25(22,31)32)36-12-15-14(19(36)37)2-1-3-18(15)41-24(29,30)16-10-13(4-5-17(16)33)11-35-6-8-40-9-7-35/h1-5,10H,6-9,11-12H2,(H,34,38,39). The van der Waals surface area contributed by atoms with E-state index in [-0.39, 0.29) is 29.0 Å². The zero-order valence-electron chi connectivity index (χ0n) is 22.1. The van der Waals surface area contributed by atoms with Crippen molar-refractivity contribution in [3.05, 3.63) is 64.5 Å². The van der Waals surface area contributed by atoms with Gasteiger partial charge in [-0.3, -0.25) is 24.6 Å². The molecule has 8 nitrogen and oxygen atoms in total. The molecule has 2 aromatic carbocycles. The van der Waals surface area contributed by atoms with Gasteiger partial charge in [0, 0.05) is 36.3 Å². The van der Waals surface area contributed by atoms with E-state index in [0.29, 0.717) is 19.8 Å². The first-order valence-corrected chi connectivity index (χ1v) is 12.7.